The zero-order valence-electron chi connectivity index (χ0n) is 47.8. The fourth-order valence-corrected chi connectivity index (χ4v) is 9.28. The third kappa shape index (κ3) is 13.4. The van der Waals surface area contributed by atoms with E-state index in [-0.39, 0.29) is 53.9 Å². The van der Waals surface area contributed by atoms with Gasteiger partial charge in [0.25, 0.3) is 0 Å². The molecule has 0 saturated carbocycles. The predicted molar refractivity (Wildman–Crippen MR) is 330 cm³/mol. The van der Waals surface area contributed by atoms with Gasteiger partial charge >= 0.3 is 36.1 Å². The quantitative estimate of drug-likeness (QED) is 0.0962. The molecule has 3 N–H and O–H groups in total. The molecule has 0 amide bonds. The normalized spacial score (nSPS) is 11.9. The zero-order chi connectivity index (χ0) is 58.9. The molecule has 0 saturated heterocycles. The van der Waals surface area contributed by atoms with Gasteiger partial charge in [0.05, 0.1) is 19.8 Å². The maximum Gasteiger partial charge on any atom is 0.330 e. The average Bonchev–Trinajstić information content (AvgIpc) is 3.72. The third-order valence-electron chi connectivity index (χ3n) is 13.9. The first-order chi connectivity index (χ1) is 42.8. The Bertz CT molecular complexity index is 3500. The SMILES string of the molecule is CCCCOc1nc2nc(n1)Oc1ccc(cc1)-c1cc3cc(c1)-c1ccc(cc1)Oc1nc(nc(OCCCC)n1)Nc1ccc(cc1)-c1nc(nc(n1)-c1ccc(cc1)Nc1nc(OCCCC)nc(n1)Oc1ccc-3cc1)-c1ccc(cc1)N2. The summed E-state index contributed by atoms with van der Waals surface area (Å²) in [5, 5.41) is 9.98. The molecule has 87 heavy (non-hydrogen) atoms. The predicted octanol–water partition coefficient (Wildman–Crippen LogP) is 15.2. The molecule has 0 aliphatic carbocycles. The Hall–Kier alpha value is -11.2. The first-order valence-corrected chi connectivity index (χ1v) is 28.9. The number of unbranched alkanes of at least 4 members (excludes halogenated alkanes) is 3. The van der Waals surface area contributed by atoms with Crippen molar-refractivity contribution in [3.8, 4) is 121 Å². The number of anilines is 6. The molecule has 25 heterocycles. The lowest BCUT2D eigenvalue weighted by molar-refractivity contribution is 0.279. The summed E-state index contributed by atoms with van der Waals surface area (Å²) < 4.78 is 37.2. The van der Waals surface area contributed by atoms with Crippen LogP contribution in [0.5, 0.6) is 53.3 Å². The van der Waals surface area contributed by atoms with Gasteiger partial charge in [-0.1, -0.05) is 76.4 Å². The van der Waals surface area contributed by atoms with Crippen molar-refractivity contribution < 1.29 is 28.4 Å². The summed E-state index contributed by atoms with van der Waals surface area (Å²) in [7, 11) is 0. The Morgan fingerprint density at radius 3 is 0.816 bits per heavy atom. The molecule has 0 spiro atoms. The molecule has 21 aliphatic heterocycles. The van der Waals surface area contributed by atoms with Gasteiger partial charge in [0, 0.05) is 33.8 Å². The van der Waals surface area contributed by atoms with Crippen LogP contribution in [0.2, 0.25) is 0 Å². The number of ether oxygens (including phenoxy) is 6. The highest BCUT2D eigenvalue weighted by atomic mass is 16.5. The van der Waals surface area contributed by atoms with E-state index >= 15 is 0 Å². The van der Waals surface area contributed by atoms with Crippen LogP contribution in [0.3, 0.4) is 0 Å². The van der Waals surface area contributed by atoms with Crippen molar-refractivity contribution in [3.63, 3.8) is 0 Å². The second kappa shape index (κ2) is 25.3. The Kier molecular flexibility index (Phi) is 16.0. The summed E-state index contributed by atoms with van der Waals surface area (Å²) in [6, 6.07) is 53.1. The van der Waals surface area contributed by atoms with Crippen molar-refractivity contribution in [2.45, 2.75) is 59.3 Å². The third-order valence-corrected chi connectivity index (χ3v) is 13.9. The molecule has 7 aromatic carbocycles. The second-order valence-electron chi connectivity index (χ2n) is 20.4. The molecular formula is C66H57N15O6. The summed E-state index contributed by atoms with van der Waals surface area (Å²) in [6.07, 6.45) is 5.25. The van der Waals surface area contributed by atoms with Crippen LogP contribution in [0.25, 0.3) is 67.5 Å². The molecule has 24 bridgehead atoms. The van der Waals surface area contributed by atoms with Crippen LogP contribution in [0, 0.1) is 0 Å². The number of hydrogen-bond acceptors (Lipinski definition) is 21. The highest BCUT2D eigenvalue weighted by Gasteiger charge is 2.19. The van der Waals surface area contributed by atoms with Crippen molar-refractivity contribution in [1.29, 1.82) is 0 Å². The van der Waals surface area contributed by atoms with Crippen molar-refractivity contribution in [2.75, 3.05) is 35.8 Å². The van der Waals surface area contributed by atoms with Gasteiger partial charge < -0.3 is 44.4 Å². The second-order valence-corrected chi connectivity index (χ2v) is 20.4. The molecule has 21 aliphatic rings. The molecule has 0 fully saturated rings. The number of hydrogen-bond donors (Lipinski definition) is 3. The van der Waals surface area contributed by atoms with Gasteiger partial charge in [-0.05, 0) is 180 Å². The van der Waals surface area contributed by atoms with E-state index < -0.39 is 0 Å². The van der Waals surface area contributed by atoms with Gasteiger partial charge in [-0.15, -0.1) is 15.0 Å². The Balaban J connectivity index is 0.974. The van der Waals surface area contributed by atoms with E-state index in [1.807, 2.05) is 146 Å². The highest BCUT2D eigenvalue weighted by Crippen LogP contribution is 2.37. The van der Waals surface area contributed by atoms with E-state index in [1.54, 1.807) is 0 Å². The molecule has 4 aromatic heterocycles. The lowest BCUT2D eigenvalue weighted by Crippen LogP contribution is -2.07. The summed E-state index contributed by atoms with van der Waals surface area (Å²) in [4.78, 5) is 56.7. The monoisotopic (exact) mass is 1160 g/mol. The van der Waals surface area contributed by atoms with Crippen LogP contribution >= 0.6 is 0 Å². The Morgan fingerprint density at radius 1 is 0.287 bits per heavy atom. The number of benzene rings is 7. The summed E-state index contributed by atoms with van der Waals surface area (Å²) in [6.45, 7) is 7.54. The maximum absolute atomic E-state index is 6.36. The van der Waals surface area contributed by atoms with Crippen LogP contribution < -0.4 is 44.4 Å². The first-order valence-electron chi connectivity index (χ1n) is 28.9. The summed E-state index contributed by atoms with van der Waals surface area (Å²) in [5.74, 6) is 3.47. The number of nitrogens with one attached hydrogen (secondary N) is 3. The maximum atomic E-state index is 6.36. The standard InChI is InChI=1S/C66H57N15O6/c1-4-7-34-82-61-73-58-67-49-22-10-43(11-23-49)55-70-56-44-12-24-50(25-13-44)68-59-74-62(83-35-8-5-2)80-65(77-59)86-53-30-18-41(19-31-53)47-37-46(40-16-28-52(29-17-40)85-64(76-58)79-61)38-48(39-47)42-20-32-54(33-21-42)87-66-78-60(75-63(81-66)84-36-9-6-3)69-51-26-14-45(15-27-51)57(71-55)72-56/h10-33,37-39H,4-9,34-36H2,1-3H3,(H,67,73,76,79)(H,68,74,77,80)(H,69,75,78,81). The highest BCUT2D eigenvalue weighted by molar-refractivity contribution is 5.82. The van der Waals surface area contributed by atoms with Crippen LogP contribution in [-0.4, -0.2) is 79.6 Å². The van der Waals surface area contributed by atoms with E-state index in [4.69, 9.17) is 43.4 Å². The molecule has 32 rings (SSSR count). The summed E-state index contributed by atoms with van der Waals surface area (Å²) >= 11 is 0. The van der Waals surface area contributed by atoms with Gasteiger partial charge in [-0.25, -0.2) is 15.0 Å². The largest absolute Gasteiger partial charge is 0.463 e. The van der Waals surface area contributed by atoms with E-state index in [0.717, 1.165) is 88.6 Å². The molecule has 0 atom stereocenters. The number of aromatic nitrogens is 12. The summed E-state index contributed by atoms with van der Waals surface area (Å²) in [5.41, 5.74) is 9.80. The van der Waals surface area contributed by atoms with Gasteiger partial charge in [0.2, 0.25) is 17.8 Å². The molecule has 21 nitrogen and oxygen atoms in total. The molecule has 21 heteroatoms. The fourth-order valence-electron chi connectivity index (χ4n) is 9.28. The number of rotatable bonds is 12. The van der Waals surface area contributed by atoms with E-state index in [0.29, 0.717) is 71.6 Å². The lowest BCUT2D eigenvalue weighted by atomic mass is 9.93. The first kappa shape index (κ1) is 55.0. The molecule has 0 radical (unpaired) electrons. The van der Waals surface area contributed by atoms with Crippen molar-refractivity contribution in [3.05, 3.63) is 164 Å². The Morgan fingerprint density at radius 2 is 0.552 bits per heavy atom. The van der Waals surface area contributed by atoms with Crippen LogP contribution in [0.1, 0.15) is 59.3 Å². The minimum atomic E-state index is 0.0516. The van der Waals surface area contributed by atoms with Crippen LogP contribution in [-0.2, 0) is 0 Å². The van der Waals surface area contributed by atoms with E-state index in [2.05, 4.69) is 99.8 Å². The fraction of sp³-hybridized carbons (Fsp3) is 0.182. The smallest absolute Gasteiger partial charge is 0.330 e. The molecular weight excluding hydrogens is 1100 g/mol. The van der Waals surface area contributed by atoms with Gasteiger partial charge in [0.15, 0.2) is 17.5 Å². The lowest BCUT2D eigenvalue weighted by Gasteiger charge is -2.14. The van der Waals surface area contributed by atoms with Gasteiger partial charge in [-0.3, -0.25) is 0 Å². The minimum absolute atomic E-state index is 0.0516. The van der Waals surface area contributed by atoms with Gasteiger partial charge in [-0.2, -0.15) is 29.9 Å². The minimum Gasteiger partial charge on any atom is -0.463 e. The average molecular weight is 1160 g/mol. The van der Waals surface area contributed by atoms with E-state index in [1.165, 1.54) is 0 Å². The zero-order valence-corrected chi connectivity index (χ0v) is 47.8. The van der Waals surface area contributed by atoms with Crippen molar-refractivity contribution in [1.82, 2.24) is 59.8 Å². The van der Waals surface area contributed by atoms with E-state index in [9.17, 15) is 0 Å². The van der Waals surface area contributed by atoms with Crippen LogP contribution in [0.4, 0.5) is 34.9 Å². The molecule has 432 valence electrons. The molecule has 0 unspecified atom stereocenters. The number of nitrogens with zero attached hydrogens (tertiary/aromatic N) is 12. The van der Waals surface area contributed by atoms with Crippen molar-refractivity contribution >= 4 is 34.9 Å². The van der Waals surface area contributed by atoms with Gasteiger partial charge in [0.1, 0.15) is 17.2 Å². The topological polar surface area (TPSA) is 246 Å². The van der Waals surface area contributed by atoms with Crippen LogP contribution in [0.15, 0.2) is 164 Å². The van der Waals surface area contributed by atoms with Crippen molar-refractivity contribution in [2.24, 2.45) is 0 Å². The Labute approximate surface area is 500 Å². The molecule has 11 aromatic rings.